The number of thiocarbonyl (C=S) groups is 1. The Labute approximate surface area is 190 Å². The molecule has 1 unspecified atom stereocenters. The molecule has 0 saturated carbocycles. The molecular weight excluding hydrogens is 437 g/mol. The van der Waals surface area contributed by atoms with Crippen molar-refractivity contribution in [3.8, 4) is 16.9 Å². The summed E-state index contributed by atoms with van der Waals surface area (Å²) in [6.07, 6.45) is 0. The molecule has 0 heterocycles. The molecule has 0 aliphatic heterocycles. The number of hydrogen-bond acceptors (Lipinski definition) is 3. The van der Waals surface area contributed by atoms with Crippen LogP contribution >= 0.6 is 23.8 Å². The van der Waals surface area contributed by atoms with E-state index >= 15 is 0 Å². The Hall–Kier alpha value is -3.16. The zero-order chi connectivity index (χ0) is 22.5. The number of carbonyl (C=O) groups excluding carboxylic acids is 1. The van der Waals surface area contributed by atoms with E-state index in [0.29, 0.717) is 21.4 Å². The van der Waals surface area contributed by atoms with Crippen LogP contribution in [0, 0.1) is 5.82 Å². The van der Waals surface area contributed by atoms with Crippen LogP contribution in [0.5, 0.6) is 5.75 Å². The SMILES string of the molecule is COc1ccc(C(C)NC(=S)Nc2cccc(-c3ccc(C(N)=O)c(F)c3)c2)cc1Cl. The number of ether oxygens (including phenoxy) is 1. The lowest BCUT2D eigenvalue weighted by Gasteiger charge is -2.18. The molecule has 0 aromatic heterocycles. The van der Waals surface area contributed by atoms with Crippen molar-refractivity contribution < 1.29 is 13.9 Å². The smallest absolute Gasteiger partial charge is 0.251 e. The molecule has 0 bridgehead atoms. The van der Waals surface area contributed by atoms with Crippen LogP contribution in [0.3, 0.4) is 0 Å². The lowest BCUT2D eigenvalue weighted by molar-refractivity contribution is 0.0996. The molecule has 31 heavy (non-hydrogen) atoms. The minimum absolute atomic E-state index is 0.0953. The van der Waals surface area contributed by atoms with Crippen molar-refractivity contribution in [3.05, 3.63) is 82.6 Å². The molecule has 0 saturated heterocycles. The standard InChI is InChI=1S/C23H21ClFN3O2S/c1-13(14-7-9-21(30-2)19(24)11-14)27-23(31)28-17-5-3-4-15(10-17)16-6-8-18(22(26)29)20(25)12-16/h3-13H,1-2H3,(H2,26,29)(H2,27,28,31). The minimum Gasteiger partial charge on any atom is -0.495 e. The van der Waals surface area contributed by atoms with Crippen LogP contribution in [-0.4, -0.2) is 18.1 Å². The maximum Gasteiger partial charge on any atom is 0.251 e. The Morgan fingerprint density at radius 1 is 1.13 bits per heavy atom. The van der Waals surface area contributed by atoms with Crippen molar-refractivity contribution in [2.24, 2.45) is 5.73 Å². The average molecular weight is 458 g/mol. The quantitative estimate of drug-likeness (QED) is 0.438. The molecule has 5 nitrogen and oxygen atoms in total. The Kier molecular flexibility index (Phi) is 7.09. The number of amides is 1. The molecule has 160 valence electrons. The number of nitrogens with two attached hydrogens (primary N) is 1. The van der Waals surface area contributed by atoms with Crippen molar-refractivity contribution in [3.63, 3.8) is 0 Å². The highest BCUT2D eigenvalue weighted by Crippen LogP contribution is 2.28. The van der Waals surface area contributed by atoms with Crippen molar-refractivity contribution in [2.75, 3.05) is 12.4 Å². The van der Waals surface area contributed by atoms with E-state index in [9.17, 15) is 9.18 Å². The van der Waals surface area contributed by atoms with Gasteiger partial charge in [-0.1, -0.05) is 35.9 Å². The topological polar surface area (TPSA) is 76.4 Å². The number of hydrogen-bond donors (Lipinski definition) is 3. The van der Waals surface area contributed by atoms with Gasteiger partial charge < -0.3 is 21.1 Å². The molecule has 4 N–H and O–H groups in total. The molecule has 8 heteroatoms. The zero-order valence-corrected chi connectivity index (χ0v) is 18.5. The number of benzene rings is 3. The predicted molar refractivity (Wildman–Crippen MR) is 126 cm³/mol. The summed E-state index contributed by atoms with van der Waals surface area (Å²) in [6.45, 7) is 1.96. The van der Waals surface area contributed by atoms with Gasteiger partial charge in [0.25, 0.3) is 5.91 Å². The minimum atomic E-state index is -0.803. The van der Waals surface area contributed by atoms with Crippen LogP contribution in [0.2, 0.25) is 5.02 Å². The van der Waals surface area contributed by atoms with Gasteiger partial charge in [0.05, 0.1) is 23.7 Å². The number of rotatable bonds is 6. The van der Waals surface area contributed by atoms with Crippen molar-refractivity contribution in [1.29, 1.82) is 0 Å². The molecule has 0 fully saturated rings. The largest absolute Gasteiger partial charge is 0.495 e. The summed E-state index contributed by atoms with van der Waals surface area (Å²) in [4.78, 5) is 11.2. The number of methoxy groups -OCH3 is 1. The fourth-order valence-corrected chi connectivity index (χ4v) is 3.63. The van der Waals surface area contributed by atoms with Gasteiger partial charge in [0.15, 0.2) is 5.11 Å². The summed E-state index contributed by atoms with van der Waals surface area (Å²) in [5.41, 5.74) is 8.08. The number of halogens is 2. The van der Waals surface area contributed by atoms with E-state index in [1.54, 1.807) is 19.2 Å². The maximum atomic E-state index is 14.1. The highest BCUT2D eigenvalue weighted by atomic mass is 35.5. The van der Waals surface area contributed by atoms with Crippen LogP contribution < -0.4 is 21.1 Å². The zero-order valence-electron chi connectivity index (χ0n) is 16.9. The predicted octanol–water partition coefficient (Wildman–Crippen LogP) is 5.30. The summed E-state index contributed by atoms with van der Waals surface area (Å²) < 4.78 is 19.3. The fraction of sp³-hybridized carbons (Fsp3) is 0.130. The van der Waals surface area contributed by atoms with Gasteiger partial charge in [-0.2, -0.15) is 0 Å². The van der Waals surface area contributed by atoms with Gasteiger partial charge in [0.2, 0.25) is 0 Å². The van der Waals surface area contributed by atoms with Gasteiger partial charge in [-0.3, -0.25) is 4.79 Å². The van der Waals surface area contributed by atoms with Crippen LogP contribution in [0.15, 0.2) is 60.7 Å². The number of anilines is 1. The molecule has 3 aromatic rings. The fourth-order valence-electron chi connectivity index (χ4n) is 3.07. The van der Waals surface area contributed by atoms with E-state index < -0.39 is 11.7 Å². The summed E-state index contributed by atoms with van der Waals surface area (Å²) in [5.74, 6) is -0.855. The van der Waals surface area contributed by atoms with Crippen molar-refractivity contribution in [1.82, 2.24) is 5.32 Å². The van der Waals surface area contributed by atoms with E-state index in [4.69, 9.17) is 34.3 Å². The van der Waals surface area contributed by atoms with E-state index in [0.717, 1.165) is 16.8 Å². The average Bonchev–Trinajstić information content (AvgIpc) is 2.73. The summed E-state index contributed by atoms with van der Waals surface area (Å²) in [6, 6.07) is 17.1. The number of nitrogens with one attached hydrogen (secondary N) is 2. The first-order valence-electron chi connectivity index (χ1n) is 9.39. The van der Waals surface area contributed by atoms with Crippen LogP contribution in [-0.2, 0) is 0 Å². The molecule has 3 aromatic carbocycles. The third kappa shape index (κ3) is 5.51. The lowest BCUT2D eigenvalue weighted by atomic mass is 10.0. The Morgan fingerprint density at radius 2 is 1.87 bits per heavy atom. The van der Waals surface area contributed by atoms with E-state index in [1.165, 1.54) is 12.1 Å². The van der Waals surface area contributed by atoms with Gasteiger partial charge in [0, 0.05) is 5.69 Å². The number of carbonyl (C=O) groups is 1. The van der Waals surface area contributed by atoms with E-state index in [1.807, 2.05) is 43.3 Å². The normalized spacial score (nSPS) is 11.5. The van der Waals surface area contributed by atoms with Crippen molar-refractivity contribution >= 4 is 40.5 Å². The van der Waals surface area contributed by atoms with E-state index in [2.05, 4.69) is 10.6 Å². The second kappa shape index (κ2) is 9.76. The summed E-state index contributed by atoms with van der Waals surface area (Å²) in [5, 5.41) is 7.28. The second-order valence-electron chi connectivity index (χ2n) is 6.85. The maximum absolute atomic E-state index is 14.1. The van der Waals surface area contributed by atoms with Crippen LogP contribution in [0.1, 0.15) is 28.9 Å². The Balaban J connectivity index is 1.70. The first-order chi connectivity index (χ1) is 14.8. The molecule has 1 atom stereocenters. The molecule has 1 amide bonds. The summed E-state index contributed by atoms with van der Waals surface area (Å²) >= 11 is 11.6. The first kappa shape index (κ1) is 22.5. The second-order valence-corrected chi connectivity index (χ2v) is 7.67. The van der Waals surface area contributed by atoms with E-state index in [-0.39, 0.29) is 11.6 Å². The third-order valence-corrected chi connectivity index (χ3v) is 5.23. The first-order valence-corrected chi connectivity index (χ1v) is 10.2. The Bertz CT molecular complexity index is 1140. The molecule has 0 spiro atoms. The van der Waals surface area contributed by atoms with Gasteiger partial charge >= 0.3 is 0 Å². The molecule has 0 aliphatic carbocycles. The summed E-state index contributed by atoms with van der Waals surface area (Å²) in [7, 11) is 1.57. The molecule has 3 rings (SSSR count). The van der Waals surface area contributed by atoms with Gasteiger partial charge in [0.1, 0.15) is 11.6 Å². The van der Waals surface area contributed by atoms with Crippen LogP contribution in [0.4, 0.5) is 10.1 Å². The third-order valence-electron chi connectivity index (χ3n) is 4.71. The molecular formula is C23H21ClFN3O2S. The monoisotopic (exact) mass is 457 g/mol. The molecule has 0 radical (unpaired) electrons. The van der Waals surface area contributed by atoms with Gasteiger partial charge in [-0.25, -0.2) is 4.39 Å². The molecule has 0 aliphatic rings. The highest BCUT2D eigenvalue weighted by molar-refractivity contribution is 7.80. The highest BCUT2D eigenvalue weighted by Gasteiger charge is 2.12. The van der Waals surface area contributed by atoms with Gasteiger partial charge in [-0.05, 0) is 72.2 Å². The van der Waals surface area contributed by atoms with Crippen molar-refractivity contribution in [2.45, 2.75) is 13.0 Å². The lowest BCUT2D eigenvalue weighted by Crippen LogP contribution is -2.30. The number of primary amides is 1. The Morgan fingerprint density at radius 3 is 2.52 bits per heavy atom. The van der Waals surface area contributed by atoms with Crippen LogP contribution in [0.25, 0.3) is 11.1 Å². The van der Waals surface area contributed by atoms with Gasteiger partial charge in [-0.15, -0.1) is 0 Å².